The SMILES string of the molecule is O=C(c1cc(C2CC2)on1)N1CCC([C@@H]2CCCN2)CC1. The minimum absolute atomic E-state index is 0.0449. The zero-order chi connectivity index (χ0) is 14.2. The molecule has 0 unspecified atom stereocenters. The molecule has 1 aliphatic carbocycles. The van der Waals surface area contributed by atoms with Crippen LogP contribution in [0.15, 0.2) is 10.6 Å². The summed E-state index contributed by atoms with van der Waals surface area (Å²) in [5.41, 5.74) is 0.495. The van der Waals surface area contributed by atoms with Crippen LogP contribution >= 0.6 is 0 Å². The first-order valence-electron chi connectivity index (χ1n) is 8.30. The summed E-state index contributed by atoms with van der Waals surface area (Å²) in [6, 6.07) is 2.53. The maximum Gasteiger partial charge on any atom is 0.276 e. The van der Waals surface area contributed by atoms with Crippen LogP contribution in [0.4, 0.5) is 0 Å². The van der Waals surface area contributed by atoms with E-state index in [0.29, 0.717) is 17.7 Å². The first-order chi connectivity index (χ1) is 10.3. The molecular weight excluding hydrogens is 266 g/mol. The molecule has 0 radical (unpaired) electrons. The lowest BCUT2D eigenvalue weighted by atomic mass is 9.88. The fraction of sp³-hybridized carbons (Fsp3) is 0.750. The van der Waals surface area contributed by atoms with Gasteiger partial charge in [-0.05, 0) is 51.0 Å². The third-order valence-corrected chi connectivity index (χ3v) is 5.22. The monoisotopic (exact) mass is 289 g/mol. The first-order valence-corrected chi connectivity index (χ1v) is 8.30. The molecule has 0 aromatic carbocycles. The lowest BCUT2D eigenvalue weighted by Gasteiger charge is -2.34. The molecule has 1 saturated carbocycles. The predicted octanol–water partition coefficient (Wildman–Crippen LogP) is 2.16. The summed E-state index contributed by atoms with van der Waals surface area (Å²) in [5, 5.41) is 7.56. The number of carbonyl (C=O) groups is 1. The second-order valence-corrected chi connectivity index (χ2v) is 6.72. The van der Waals surface area contributed by atoms with Gasteiger partial charge in [0.15, 0.2) is 5.69 Å². The Morgan fingerprint density at radius 3 is 2.71 bits per heavy atom. The molecule has 114 valence electrons. The van der Waals surface area contributed by atoms with E-state index in [1.54, 1.807) is 0 Å². The Morgan fingerprint density at radius 1 is 1.24 bits per heavy atom. The third kappa shape index (κ3) is 2.71. The van der Waals surface area contributed by atoms with Crippen LogP contribution in [-0.2, 0) is 0 Å². The van der Waals surface area contributed by atoms with E-state index in [9.17, 15) is 4.79 Å². The molecule has 1 atom stereocenters. The maximum absolute atomic E-state index is 12.5. The first kappa shape index (κ1) is 13.3. The molecule has 1 aromatic rings. The van der Waals surface area contributed by atoms with Gasteiger partial charge in [-0.2, -0.15) is 0 Å². The Morgan fingerprint density at radius 2 is 2.05 bits per heavy atom. The van der Waals surface area contributed by atoms with Crippen molar-refractivity contribution in [3.05, 3.63) is 17.5 Å². The number of hydrogen-bond acceptors (Lipinski definition) is 4. The van der Waals surface area contributed by atoms with Crippen LogP contribution in [0.5, 0.6) is 0 Å². The van der Waals surface area contributed by atoms with Crippen LogP contribution in [0.25, 0.3) is 0 Å². The molecule has 4 rings (SSSR count). The highest BCUT2D eigenvalue weighted by Crippen LogP contribution is 2.40. The van der Waals surface area contributed by atoms with Crippen molar-refractivity contribution in [3.8, 4) is 0 Å². The molecule has 1 amide bonds. The molecule has 3 heterocycles. The summed E-state index contributed by atoms with van der Waals surface area (Å²) in [6.07, 6.45) is 7.15. The molecule has 2 saturated heterocycles. The van der Waals surface area contributed by atoms with E-state index < -0.39 is 0 Å². The topological polar surface area (TPSA) is 58.4 Å². The van der Waals surface area contributed by atoms with Crippen molar-refractivity contribution in [1.82, 2.24) is 15.4 Å². The number of hydrogen-bond donors (Lipinski definition) is 1. The largest absolute Gasteiger partial charge is 0.360 e. The van der Waals surface area contributed by atoms with Crippen LogP contribution < -0.4 is 5.32 Å². The van der Waals surface area contributed by atoms with Gasteiger partial charge in [0.1, 0.15) is 5.76 Å². The van der Waals surface area contributed by atoms with E-state index in [1.165, 1.54) is 25.7 Å². The van der Waals surface area contributed by atoms with Crippen LogP contribution in [0, 0.1) is 5.92 Å². The highest BCUT2D eigenvalue weighted by molar-refractivity contribution is 5.92. The summed E-state index contributed by atoms with van der Waals surface area (Å²) < 4.78 is 5.30. The summed E-state index contributed by atoms with van der Waals surface area (Å²) >= 11 is 0. The Labute approximate surface area is 125 Å². The van der Waals surface area contributed by atoms with Gasteiger partial charge in [-0.25, -0.2) is 0 Å². The Bertz CT molecular complexity index is 509. The van der Waals surface area contributed by atoms with Crippen LogP contribution in [0.3, 0.4) is 0 Å². The van der Waals surface area contributed by atoms with E-state index in [2.05, 4.69) is 10.5 Å². The predicted molar refractivity (Wildman–Crippen MR) is 78.1 cm³/mol. The summed E-state index contributed by atoms with van der Waals surface area (Å²) in [4.78, 5) is 14.4. The van der Waals surface area contributed by atoms with Crippen LogP contribution in [0.2, 0.25) is 0 Å². The van der Waals surface area contributed by atoms with Crippen molar-refractivity contribution >= 4 is 5.91 Å². The van der Waals surface area contributed by atoms with Crippen molar-refractivity contribution in [2.75, 3.05) is 19.6 Å². The number of aromatic nitrogens is 1. The zero-order valence-electron chi connectivity index (χ0n) is 12.4. The van der Waals surface area contributed by atoms with Crippen LogP contribution in [-0.4, -0.2) is 41.6 Å². The lowest BCUT2D eigenvalue weighted by molar-refractivity contribution is 0.0664. The number of amides is 1. The number of nitrogens with one attached hydrogen (secondary N) is 1. The molecule has 3 fully saturated rings. The second-order valence-electron chi connectivity index (χ2n) is 6.72. The fourth-order valence-corrected chi connectivity index (χ4v) is 3.73. The summed E-state index contributed by atoms with van der Waals surface area (Å²) in [6.45, 7) is 2.87. The molecule has 5 heteroatoms. The Hall–Kier alpha value is -1.36. The average molecular weight is 289 g/mol. The molecule has 21 heavy (non-hydrogen) atoms. The van der Waals surface area contributed by atoms with Crippen molar-refractivity contribution < 1.29 is 9.32 Å². The molecule has 2 aliphatic heterocycles. The highest BCUT2D eigenvalue weighted by atomic mass is 16.5. The van der Waals surface area contributed by atoms with Gasteiger partial charge >= 0.3 is 0 Å². The second kappa shape index (κ2) is 5.44. The lowest BCUT2D eigenvalue weighted by Crippen LogP contribution is -2.43. The van der Waals surface area contributed by atoms with Crippen molar-refractivity contribution in [1.29, 1.82) is 0 Å². The minimum atomic E-state index is 0.0449. The van der Waals surface area contributed by atoms with Gasteiger partial charge in [0.25, 0.3) is 5.91 Å². The molecular formula is C16H23N3O2. The van der Waals surface area contributed by atoms with Gasteiger partial charge in [0.05, 0.1) is 0 Å². The van der Waals surface area contributed by atoms with Crippen molar-refractivity contribution in [3.63, 3.8) is 0 Å². The van der Waals surface area contributed by atoms with Gasteiger partial charge < -0.3 is 14.7 Å². The highest BCUT2D eigenvalue weighted by Gasteiger charge is 2.32. The summed E-state index contributed by atoms with van der Waals surface area (Å²) in [7, 11) is 0. The number of piperidine rings is 1. The van der Waals surface area contributed by atoms with E-state index in [0.717, 1.165) is 44.2 Å². The van der Waals surface area contributed by atoms with E-state index in [1.807, 2.05) is 11.0 Å². The smallest absolute Gasteiger partial charge is 0.276 e. The Kier molecular flexibility index (Phi) is 3.45. The Balaban J connectivity index is 1.35. The number of carbonyl (C=O) groups excluding carboxylic acids is 1. The zero-order valence-corrected chi connectivity index (χ0v) is 12.4. The standard InChI is InChI=1S/C16H23N3O2/c20-16(14-10-15(21-18-14)12-3-4-12)19-8-5-11(6-9-19)13-2-1-7-17-13/h10-13,17H,1-9H2/t13-/m0/s1. The van der Waals surface area contributed by atoms with Crippen molar-refractivity contribution in [2.24, 2.45) is 5.92 Å². The van der Waals surface area contributed by atoms with Crippen molar-refractivity contribution in [2.45, 2.75) is 50.5 Å². The molecule has 1 N–H and O–H groups in total. The minimum Gasteiger partial charge on any atom is -0.360 e. The van der Waals surface area contributed by atoms with Gasteiger partial charge in [-0.3, -0.25) is 4.79 Å². The fourth-order valence-electron chi connectivity index (χ4n) is 3.73. The molecule has 1 aromatic heterocycles. The molecule has 0 spiro atoms. The van der Waals surface area contributed by atoms with Gasteiger partial charge in [0, 0.05) is 31.1 Å². The normalized spacial score (nSPS) is 27.2. The van der Waals surface area contributed by atoms with Gasteiger partial charge in [0.2, 0.25) is 0 Å². The number of likely N-dealkylation sites (tertiary alicyclic amines) is 1. The molecule has 5 nitrogen and oxygen atoms in total. The number of nitrogens with zero attached hydrogens (tertiary/aromatic N) is 2. The quantitative estimate of drug-likeness (QED) is 0.926. The molecule has 3 aliphatic rings. The van der Waals surface area contributed by atoms with E-state index in [-0.39, 0.29) is 5.91 Å². The van der Waals surface area contributed by atoms with Crippen LogP contribution in [0.1, 0.15) is 60.7 Å². The van der Waals surface area contributed by atoms with Gasteiger partial charge in [-0.1, -0.05) is 5.16 Å². The summed E-state index contributed by atoms with van der Waals surface area (Å²) in [5.74, 6) is 2.18. The van der Waals surface area contributed by atoms with E-state index >= 15 is 0 Å². The average Bonchev–Trinajstić information content (AvgIpc) is 3.05. The number of rotatable bonds is 3. The maximum atomic E-state index is 12.5. The van der Waals surface area contributed by atoms with Gasteiger partial charge in [-0.15, -0.1) is 0 Å². The third-order valence-electron chi connectivity index (χ3n) is 5.22. The molecule has 0 bridgehead atoms. The van der Waals surface area contributed by atoms with E-state index in [4.69, 9.17) is 4.52 Å².